The van der Waals surface area contributed by atoms with Crippen molar-refractivity contribution < 1.29 is 9.32 Å². The molecule has 0 fully saturated rings. The van der Waals surface area contributed by atoms with Crippen molar-refractivity contribution in [2.75, 3.05) is 0 Å². The zero-order valence-electron chi connectivity index (χ0n) is 9.06. The molecule has 1 aromatic heterocycles. The molecule has 0 aromatic carbocycles. The highest BCUT2D eigenvalue weighted by atomic mass is 16.5. The van der Waals surface area contributed by atoms with Crippen molar-refractivity contribution in [3.05, 3.63) is 18.0 Å². The fraction of sp³-hybridized carbons (Fsp3) is 0.600. The van der Waals surface area contributed by atoms with Crippen LogP contribution < -0.4 is 11.1 Å². The minimum atomic E-state index is -0.460. The largest absolute Gasteiger partial charge is 0.360 e. The maximum absolute atomic E-state index is 11.5. The molecule has 0 saturated carbocycles. The molecule has 3 N–H and O–H groups in total. The second-order valence-electron chi connectivity index (χ2n) is 3.61. The summed E-state index contributed by atoms with van der Waals surface area (Å²) in [4.78, 5) is 11.5. The summed E-state index contributed by atoms with van der Waals surface area (Å²) in [6.07, 6.45) is 2.42. The van der Waals surface area contributed by atoms with Gasteiger partial charge in [0.05, 0.1) is 18.8 Å². The van der Waals surface area contributed by atoms with Gasteiger partial charge in [0.25, 0.3) is 0 Å². The zero-order valence-corrected chi connectivity index (χ0v) is 9.06. The first-order chi connectivity index (χ1) is 7.15. The van der Waals surface area contributed by atoms with Crippen LogP contribution >= 0.6 is 0 Å². The van der Waals surface area contributed by atoms with Gasteiger partial charge in [-0.2, -0.15) is 0 Å². The molecule has 0 aliphatic rings. The van der Waals surface area contributed by atoms with Crippen molar-refractivity contribution in [1.29, 1.82) is 0 Å². The number of nitrogens with one attached hydrogen (secondary N) is 1. The van der Waals surface area contributed by atoms with Gasteiger partial charge in [-0.25, -0.2) is 0 Å². The van der Waals surface area contributed by atoms with Gasteiger partial charge >= 0.3 is 0 Å². The summed E-state index contributed by atoms with van der Waals surface area (Å²) in [6, 6.07) is 1.24. The van der Waals surface area contributed by atoms with E-state index in [1.165, 1.54) is 6.20 Å². The number of nitrogens with zero attached hydrogens (tertiary/aromatic N) is 1. The highest BCUT2D eigenvalue weighted by Gasteiger charge is 2.19. The minimum Gasteiger partial charge on any atom is -0.360 e. The molecule has 15 heavy (non-hydrogen) atoms. The van der Waals surface area contributed by atoms with E-state index in [1.54, 1.807) is 6.07 Å². The summed E-state index contributed by atoms with van der Waals surface area (Å²) in [5.74, 6) is 0.653. The Kier molecular flexibility index (Phi) is 4.30. The quantitative estimate of drug-likeness (QED) is 0.749. The molecule has 0 saturated heterocycles. The fourth-order valence-corrected chi connectivity index (χ4v) is 1.14. The van der Waals surface area contributed by atoms with Crippen LogP contribution in [0.25, 0.3) is 0 Å². The third kappa shape index (κ3) is 3.36. The number of nitrogens with two attached hydrogens (primary N) is 1. The Morgan fingerprint density at radius 3 is 3.00 bits per heavy atom. The van der Waals surface area contributed by atoms with Crippen LogP contribution in [0.4, 0.5) is 0 Å². The molecule has 0 unspecified atom stereocenters. The fourth-order valence-electron chi connectivity index (χ4n) is 1.14. The van der Waals surface area contributed by atoms with Crippen LogP contribution in [-0.2, 0) is 11.3 Å². The lowest BCUT2D eigenvalue weighted by atomic mass is 9.99. The first kappa shape index (κ1) is 11.7. The van der Waals surface area contributed by atoms with Crippen molar-refractivity contribution in [2.24, 2.45) is 11.7 Å². The smallest absolute Gasteiger partial charge is 0.237 e. The molecule has 5 heteroatoms. The average molecular weight is 211 g/mol. The predicted molar refractivity (Wildman–Crippen MR) is 55.8 cm³/mol. The molecule has 5 nitrogen and oxygen atoms in total. The van der Waals surface area contributed by atoms with E-state index in [2.05, 4.69) is 10.5 Å². The van der Waals surface area contributed by atoms with E-state index < -0.39 is 6.04 Å². The van der Waals surface area contributed by atoms with Crippen molar-refractivity contribution in [2.45, 2.75) is 32.9 Å². The predicted octanol–water partition coefficient (Wildman–Crippen LogP) is 0.664. The summed E-state index contributed by atoms with van der Waals surface area (Å²) in [6.45, 7) is 4.30. The number of rotatable bonds is 5. The van der Waals surface area contributed by atoms with Gasteiger partial charge in [-0.15, -0.1) is 0 Å². The molecule has 84 valence electrons. The van der Waals surface area contributed by atoms with Crippen LogP contribution in [0, 0.1) is 5.92 Å². The lowest BCUT2D eigenvalue weighted by Gasteiger charge is -2.16. The molecule has 0 bridgehead atoms. The molecular weight excluding hydrogens is 194 g/mol. The lowest BCUT2D eigenvalue weighted by Crippen LogP contribution is -2.44. The topological polar surface area (TPSA) is 81.2 Å². The van der Waals surface area contributed by atoms with Gasteiger partial charge in [0.15, 0.2) is 5.76 Å². The van der Waals surface area contributed by atoms with Crippen molar-refractivity contribution in [1.82, 2.24) is 10.5 Å². The highest BCUT2D eigenvalue weighted by Crippen LogP contribution is 2.05. The first-order valence-corrected chi connectivity index (χ1v) is 5.08. The van der Waals surface area contributed by atoms with Gasteiger partial charge in [-0.05, 0) is 5.92 Å². The molecule has 0 spiro atoms. The van der Waals surface area contributed by atoms with E-state index in [9.17, 15) is 4.79 Å². The summed E-state index contributed by atoms with van der Waals surface area (Å²) in [5.41, 5.74) is 5.75. The number of carbonyl (C=O) groups excluding carboxylic acids is 1. The van der Waals surface area contributed by atoms with Crippen LogP contribution in [-0.4, -0.2) is 17.1 Å². The Bertz CT molecular complexity index is 298. The number of carbonyl (C=O) groups is 1. The van der Waals surface area contributed by atoms with Gasteiger partial charge < -0.3 is 15.6 Å². The van der Waals surface area contributed by atoms with Crippen LogP contribution in [0.3, 0.4) is 0 Å². The average Bonchev–Trinajstić information content (AvgIpc) is 2.76. The second-order valence-corrected chi connectivity index (χ2v) is 3.61. The molecule has 1 aromatic rings. The van der Waals surface area contributed by atoms with Gasteiger partial charge in [-0.3, -0.25) is 4.79 Å². The van der Waals surface area contributed by atoms with E-state index in [1.807, 2.05) is 13.8 Å². The Hall–Kier alpha value is -1.36. The van der Waals surface area contributed by atoms with Gasteiger partial charge in [-0.1, -0.05) is 25.4 Å². The number of hydrogen-bond donors (Lipinski definition) is 2. The van der Waals surface area contributed by atoms with Gasteiger partial charge in [0.2, 0.25) is 5.91 Å². The molecule has 0 radical (unpaired) electrons. The second kappa shape index (κ2) is 5.50. The van der Waals surface area contributed by atoms with E-state index in [0.29, 0.717) is 12.3 Å². The third-order valence-electron chi connectivity index (χ3n) is 2.49. The number of amides is 1. The van der Waals surface area contributed by atoms with Crippen LogP contribution in [0.1, 0.15) is 26.0 Å². The number of aromatic nitrogens is 1. The summed E-state index contributed by atoms with van der Waals surface area (Å²) in [5, 5.41) is 6.24. The van der Waals surface area contributed by atoms with Crippen molar-refractivity contribution >= 4 is 5.91 Å². The van der Waals surface area contributed by atoms with E-state index in [-0.39, 0.29) is 11.8 Å². The molecule has 1 rings (SSSR count). The van der Waals surface area contributed by atoms with E-state index >= 15 is 0 Å². The summed E-state index contributed by atoms with van der Waals surface area (Å²) in [7, 11) is 0. The van der Waals surface area contributed by atoms with Crippen molar-refractivity contribution in [3.63, 3.8) is 0 Å². The van der Waals surface area contributed by atoms with Gasteiger partial charge in [0, 0.05) is 6.07 Å². The van der Waals surface area contributed by atoms with Gasteiger partial charge in [0.1, 0.15) is 0 Å². The Labute approximate surface area is 89.0 Å². The van der Waals surface area contributed by atoms with Crippen LogP contribution in [0.5, 0.6) is 0 Å². The molecule has 1 heterocycles. The maximum Gasteiger partial charge on any atom is 0.237 e. The maximum atomic E-state index is 11.5. The highest BCUT2D eigenvalue weighted by molar-refractivity contribution is 5.81. The van der Waals surface area contributed by atoms with Crippen LogP contribution in [0.2, 0.25) is 0 Å². The summed E-state index contributed by atoms with van der Waals surface area (Å²) >= 11 is 0. The number of hydrogen-bond acceptors (Lipinski definition) is 4. The van der Waals surface area contributed by atoms with Crippen LogP contribution in [0.15, 0.2) is 16.8 Å². The molecule has 0 aliphatic carbocycles. The third-order valence-corrected chi connectivity index (χ3v) is 2.49. The molecular formula is C10H17N3O2. The Balaban J connectivity index is 2.36. The Morgan fingerprint density at radius 2 is 2.47 bits per heavy atom. The SMILES string of the molecule is CC[C@H](C)[C@H](N)C(=O)NCc1ccno1. The molecule has 2 atom stereocenters. The Morgan fingerprint density at radius 1 is 1.73 bits per heavy atom. The van der Waals surface area contributed by atoms with E-state index in [4.69, 9.17) is 10.3 Å². The van der Waals surface area contributed by atoms with Crippen molar-refractivity contribution in [3.8, 4) is 0 Å². The van der Waals surface area contributed by atoms with E-state index in [0.717, 1.165) is 6.42 Å². The first-order valence-electron chi connectivity index (χ1n) is 5.08. The monoisotopic (exact) mass is 211 g/mol. The molecule has 0 aliphatic heterocycles. The molecule has 1 amide bonds. The minimum absolute atomic E-state index is 0.152. The lowest BCUT2D eigenvalue weighted by molar-refractivity contribution is -0.123. The zero-order chi connectivity index (χ0) is 11.3. The summed E-state index contributed by atoms with van der Waals surface area (Å²) < 4.78 is 4.84. The standard InChI is InChI=1S/C10H17N3O2/c1-3-7(2)9(11)10(14)12-6-8-4-5-13-15-8/h4-5,7,9H,3,6,11H2,1-2H3,(H,12,14)/t7-,9-/m0/s1. The normalized spacial score (nSPS) is 14.6.